The first kappa shape index (κ1) is 16.0. The first-order valence-corrected chi connectivity index (χ1v) is 8.16. The van der Waals surface area contributed by atoms with Gasteiger partial charge < -0.3 is 10.2 Å². The van der Waals surface area contributed by atoms with Crippen LogP contribution in [0, 0.1) is 6.92 Å². The number of hydrogen-bond donors (Lipinski definition) is 1. The maximum atomic E-state index is 4.65. The number of benzene rings is 2. The molecule has 0 unspecified atom stereocenters. The molecule has 0 spiro atoms. The van der Waals surface area contributed by atoms with Crippen LogP contribution in [0.3, 0.4) is 0 Å². The van der Waals surface area contributed by atoms with Crippen LogP contribution in [0.4, 0.5) is 23.1 Å². The summed E-state index contributed by atoms with van der Waals surface area (Å²) < 4.78 is 0. The van der Waals surface area contributed by atoms with Gasteiger partial charge in [0.2, 0.25) is 5.95 Å². The monoisotopic (exact) mass is 318 g/mol. The minimum absolute atomic E-state index is 0.675. The van der Waals surface area contributed by atoms with Gasteiger partial charge in [0.15, 0.2) is 0 Å². The van der Waals surface area contributed by atoms with Gasteiger partial charge in [-0.05, 0) is 43.2 Å². The number of nitrogens with zero attached hydrogens (tertiary/aromatic N) is 3. The van der Waals surface area contributed by atoms with Gasteiger partial charge in [-0.3, -0.25) is 0 Å². The second-order valence-corrected chi connectivity index (χ2v) is 5.76. The van der Waals surface area contributed by atoms with E-state index in [4.69, 9.17) is 0 Å². The standard InChI is InChI=1S/C20H22N4/c1-4-16-10-12-17(13-11-16)22-19-14-15(2)21-20(23-19)24(3)18-8-6-5-7-9-18/h5-14H,4H2,1-3H3,(H,21,22,23). The van der Waals surface area contributed by atoms with E-state index in [9.17, 15) is 0 Å². The van der Waals surface area contributed by atoms with E-state index in [2.05, 4.69) is 46.5 Å². The second kappa shape index (κ2) is 7.13. The lowest BCUT2D eigenvalue weighted by Gasteiger charge is -2.18. The molecule has 0 aliphatic heterocycles. The largest absolute Gasteiger partial charge is 0.340 e. The van der Waals surface area contributed by atoms with Crippen molar-refractivity contribution in [3.8, 4) is 0 Å². The van der Waals surface area contributed by atoms with Crippen molar-refractivity contribution in [2.75, 3.05) is 17.3 Å². The quantitative estimate of drug-likeness (QED) is 0.729. The van der Waals surface area contributed by atoms with E-state index in [1.165, 1.54) is 5.56 Å². The molecule has 1 N–H and O–H groups in total. The molecule has 3 rings (SSSR count). The molecule has 0 aliphatic carbocycles. The van der Waals surface area contributed by atoms with Gasteiger partial charge in [-0.2, -0.15) is 4.98 Å². The predicted octanol–water partition coefficient (Wildman–Crippen LogP) is 4.86. The lowest BCUT2D eigenvalue weighted by Crippen LogP contribution is -2.14. The molecule has 0 saturated heterocycles. The number of aryl methyl sites for hydroxylation is 2. The summed E-state index contributed by atoms with van der Waals surface area (Å²) in [5.41, 5.74) is 4.33. The topological polar surface area (TPSA) is 41.1 Å². The summed E-state index contributed by atoms with van der Waals surface area (Å²) in [5, 5.41) is 3.37. The lowest BCUT2D eigenvalue weighted by molar-refractivity contribution is 1.02. The predicted molar refractivity (Wildman–Crippen MR) is 100 cm³/mol. The Labute approximate surface area is 143 Å². The van der Waals surface area contributed by atoms with Crippen molar-refractivity contribution in [2.24, 2.45) is 0 Å². The molecule has 122 valence electrons. The number of rotatable bonds is 5. The molecule has 0 bridgehead atoms. The van der Waals surface area contributed by atoms with Gasteiger partial charge in [0.05, 0.1) is 0 Å². The maximum absolute atomic E-state index is 4.65. The highest BCUT2D eigenvalue weighted by Crippen LogP contribution is 2.23. The van der Waals surface area contributed by atoms with Crippen LogP contribution in [-0.4, -0.2) is 17.0 Å². The smallest absolute Gasteiger partial charge is 0.231 e. The number of para-hydroxylation sites is 1. The SMILES string of the molecule is CCc1ccc(Nc2cc(C)nc(N(C)c3ccccc3)n2)cc1. The van der Waals surface area contributed by atoms with Gasteiger partial charge in [-0.1, -0.05) is 37.3 Å². The first-order valence-electron chi connectivity index (χ1n) is 8.16. The van der Waals surface area contributed by atoms with E-state index in [1.807, 2.05) is 55.3 Å². The molecule has 0 aliphatic rings. The Bertz CT molecular complexity index is 798. The molecule has 3 aromatic rings. The Hall–Kier alpha value is -2.88. The van der Waals surface area contributed by atoms with E-state index in [0.29, 0.717) is 5.95 Å². The highest BCUT2D eigenvalue weighted by atomic mass is 15.2. The Morgan fingerprint density at radius 2 is 1.67 bits per heavy atom. The Kier molecular flexibility index (Phi) is 4.75. The van der Waals surface area contributed by atoms with Crippen molar-refractivity contribution in [3.63, 3.8) is 0 Å². The van der Waals surface area contributed by atoms with Crippen molar-refractivity contribution in [1.82, 2.24) is 9.97 Å². The van der Waals surface area contributed by atoms with Crippen molar-refractivity contribution in [2.45, 2.75) is 20.3 Å². The van der Waals surface area contributed by atoms with Crippen molar-refractivity contribution < 1.29 is 0 Å². The van der Waals surface area contributed by atoms with E-state index in [0.717, 1.165) is 29.3 Å². The molecular formula is C20H22N4. The average Bonchev–Trinajstić information content (AvgIpc) is 2.62. The molecule has 0 fully saturated rings. The lowest BCUT2D eigenvalue weighted by atomic mass is 10.1. The summed E-state index contributed by atoms with van der Waals surface area (Å²) in [7, 11) is 1.98. The normalized spacial score (nSPS) is 10.5. The Morgan fingerprint density at radius 1 is 0.958 bits per heavy atom. The molecule has 0 radical (unpaired) electrons. The molecule has 1 heterocycles. The van der Waals surface area contributed by atoms with Crippen LogP contribution in [0.5, 0.6) is 0 Å². The molecule has 2 aromatic carbocycles. The number of hydrogen-bond acceptors (Lipinski definition) is 4. The van der Waals surface area contributed by atoms with Gasteiger partial charge in [0, 0.05) is 30.2 Å². The van der Waals surface area contributed by atoms with Crippen molar-refractivity contribution >= 4 is 23.1 Å². The highest BCUT2D eigenvalue weighted by Gasteiger charge is 2.09. The second-order valence-electron chi connectivity index (χ2n) is 5.76. The molecule has 4 nitrogen and oxygen atoms in total. The highest BCUT2D eigenvalue weighted by molar-refractivity contribution is 5.61. The summed E-state index contributed by atoms with van der Waals surface area (Å²) >= 11 is 0. The summed E-state index contributed by atoms with van der Waals surface area (Å²) in [5.74, 6) is 1.47. The Balaban J connectivity index is 1.85. The van der Waals surface area contributed by atoms with Crippen LogP contribution in [0.2, 0.25) is 0 Å². The van der Waals surface area contributed by atoms with Gasteiger partial charge in [0.25, 0.3) is 0 Å². The van der Waals surface area contributed by atoms with E-state index >= 15 is 0 Å². The molecular weight excluding hydrogens is 296 g/mol. The first-order chi connectivity index (χ1) is 11.7. The number of anilines is 4. The molecule has 24 heavy (non-hydrogen) atoms. The van der Waals surface area contributed by atoms with Crippen LogP contribution in [0.1, 0.15) is 18.2 Å². The van der Waals surface area contributed by atoms with Crippen LogP contribution in [0.25, 0.3) is 0 Å². The Morgan fingerprint density at radius 3 is 2.33 bits per heavy atom. The average molecular weight is 318 g/mol. The van der Waals surface area contributed by atoms with Crippen LogP contribution in [0.15, 0.2) is 60.7 Å². The third-order valence-electron chi connectivity index (χ3n) is 3.92. The summed E-state index contributed by atoms with van der Waals surface area (Å²) in [6, 6.07) is 20.5. The third kappa shape index (κ3) is 3.71. The summed E-state index contributed by atoms with van der Waals surface area (Å²) in [6.45, 7) is 4.14. The van der Waals surface area contributed by atoms with Gasteiger partial charge in [-0.25, -0.2) is 4.98 Å². The van der Waals surface area contributed by atoms with Crippen LogP contribution < -0.4 is 10.2 Å². The van der Waals surface area contributed by atoms with Gasteiger partial charge in [0.1, 0.15) is 5.82 Å². The third-order valence-corrected chi connectivity index (χ3v) is 3.92. The summed E-state index contributed by atoms with van der Waals surface area (Å²) in [4.78, 5) is 11.2. The van der Waals surface area contributed by atoms with E-state index in [1.54, 1.807) is 0 Å². The zero-order chi connectivity index (χ0) is 16.9. The van der Waals surface area contributed by atoms with E-state index in [-0.39, 0.29) is 0 Å². The van der Waals surface area contributed by atoms with E-state index < -0.39 is 0 Å². The van der Waals surface area contributed by atoms with Crippen molar-refractivity contribution in [1.29, 1.82) is 0 Å². The molecule has 0 saturated carbocycles. The molecule has 0 amide bonds. The number of nitrogens with one attached hydrogen (secondary N) is 1. The maximum Gasteiger partial charge on any atom is 0.231 e. The molecule has 4 heteroatoms. The zero-order valence-corrected chi connectivity index (χ0v) is 14.3. The fourth-order valence-corrected chi connectivity index (χ4v) is 2.51. The number of aromatic nitrogens is 2. The van der Waals surface area contributed by atoms with Crippen molar-refractivity contribution in [3.05, 3.63) is 71.9 Å². The summed E-state index contributed by atoms with van der Waals surface area (Å²) in [6.07, 6.45) is 1.04. The fraction of sp³-hybridized carbons (Fsp3) is 0.200. The van der Waals surface area contributed by atoms with Crippen LogP contribution in [-0.2, 0) is 6.42 Å². The molecule has 0 atom stereocenters. The minimum atomic E-state index is 0.675. The van der Waals surface area contributed by atoms with Gasteiger partial charge in [-0.15, -0.1) is 0 Å². The minimum Gasteiger partial charge on any atom is -0.340 e. The van der Waals surface area contributed by atoms with Crippen LogP contribution >= 0.6 is 0 Å². The zero-order valence-electron chi connectivity index (χ0n) is 14.3. The fourth-order valence-electron chi connectivity index (χ4n) is 2.51. The van der Waals surface area contributed by atoms with Gasteiger partial charge >= 0.3 is 0 Å². The molecule has 1 aromatic heterocycles.